The quantitative estimate of drug-likeness (QED) is 0.919. The first kappa shape index (κ1) is 15.5. The van der Waals surface area contributed by atoms with Crippen LogP contribution in [0, 0.1) is 5.41 Å². The number of nitrogens with zero attached hydrogens (tertiary/aromatic N) is 4. The summed E-state index contributed by atoms with van der Waals surface area (Å²) in [6, 6.07) is 0.264. The van der Waals surface area contributed by atoms with Crippen molar-refractivity contribution >= 4 is 5.91 Å². The second-order valence-corrected chi connectivity index (χ2v) is 6.95. The molecule has 22 heavy (non-hydrogen) atoms. The smallest absolute Gasteiger partial charge is 0.223 e. The summed E-state index contributed by atoms with van der Waals surface area (Å²) in [5.41, 5.74) is 6.08. The number of piperidine rings is 1. The lowest BCUT2D eigenvalue weighted by Gasteiger charge is -2.39. The topological polar surface area (TPSA) is 77.0 Å². The fourth-order valence-electron chi connectivity index (χ4n) is 3.99. The molecule has 2 N–H and O–H groups in total. The molecule has 1 aliphatic heterocycles. The average Bonchev–Trinajstić information content (AvgIpc) is 3.10. The van der Waals surface area contributed by atoms with Crippen LogP contribution in [0.5, 0.6) is 0 Å². The van der Waals surface area contributed by atoms with E-state index in [0.29, 0.717) is 13.0 Å². The Morgan fingerprint density at radius 1 is 1.27 bits per heavy atom. The maximum atomic E-state index is 12.8. The molecule has 3 rings (SSSR count). The first-order valence-corrected chi connectivity index (χ1v) is 8.54. The highest BCUT2D eigenvalue weighted by molar-refractivity contribution is 5.77. The molecule has 0 bridgehead atoms. The van der Waals surface area contributed by atoms with Crippen LogP contribution < -0.4 is 5.73 Å². The van der Waals surface area contributed by atoms with Gasteiger partial charge in [0.1, 0.15) is 12.7 Å². The molecule has 1 atom stereocenters. The van der Waals surface area contributed by atoms with Gasteiger partial charge in [0, 0.05) is 19.5 Å². The Morgan fingerprint density at radius 2 is 2.09 bits per heavy atom. The van der Waals surface area contributed by atoms with E-state index in [1.165, 1.54) is 19.3 Å². The van der Waals surface area contributed by atoms with E-state index in [9.17, 15) is 4.79 Å². The number of hydrogen-bond donors (Lipinski definition) is 1. The third kappa shape index (κ3) is 3.32. The minimum absolute atomic E-state index is 0.0511. The highest BCUT2D eigenvalue weighted by Gasteiger charge is 2.35. The van der Waals surface area contributed by atoms with Gasteiger partial charge < -0.3 is 10.6 Å². The third-order valence-corrected chi connectivity index (χ3v) is 5.43. The second-order valence-electron chi connectivity index (χ2n) is 6.95. The number of hydrogen-bond acceptors (Lipinski definition) is 4. The molecule has 2 aliphatic rings. The zero-order valence-corrected chi connectivity index (χ0v) is 13.3. The lowest BCUT2D eigenvalue weighted by molar-refractivity contribution is -0.136. The standard InChI is InChI=1S/C16H27N5O/c17-11-16(6-2-1-3-7-16)9-15(22)20-8-4-5-14(10-20)21-13-18-12-19-21/h12-14H,1-11,17H2. The van der Waals surface area contributed by atoms with Gasteiger partial charge in [-0.3, -0.25) is 4.79 Å². The molecular formula is C16H27N5O. The van der Waals surface area contributed by atoms with Gasteiger partial charge in [-0.2, -0.15) is 5.10 Å². The van der Waals surface area contributed by atoms with Gasteiger partial charge in [0.25, 0.3) is 0 Å². The summed E-state index contributed by atoms with van der Waals surface area (Å²) >= 11 is 0. The van der Waals surface area contributed by atoms with Gasteiger partial charge in [-0.15, -0.1) is 0 Å². The third-order valence-electron chi connectivity index (χ3n) is 5.43. The van der Waals surface area contributed by atoms with Gasteiger partial charge in [-0.05, 0) is 37.6 Å². The Balaban J connectivity index is 1.61. The maximum Gasteiger partial charge on any atom is 0.223 e. The fourth-order valence-corrected chi connectivity index (χ4v) is 3.99. The average molecular weight is 305 g/mol. The first-order valence-electron chi connectivity index (χ1n) is 8.54. The molecule has 1 unspecified atom stereocenters. The van der Waals surface area contributed by atoms with E-state index >= 15 is 0 Å². The zero-order valence-electron chi connectivity index (χ0n) is 13.3. The maximum absolute atomic E-state index is 12.8. The summed E-state index contributed by atoms with van der Waals surface area (Å²) in [5.74, 6) is 0.275. The van der Waals surface area contributed by atoms with E-state index in [-0.39, 0.29) is 17.4 Å². The lowest BCUT2D eigenvalue weighted by atomic mass is 9.71. The summed E-state index contributed by atoms with van der Waals surface area (Å²) in [6.07, 6.45) is 12.0. The molecule has 1 saturated carbocycles. The molecular weight excluding hydrogens is 278 g/mol. The van der Waals surface area contributed by atoms with Crippen LogP contribution in [0.15, 0.2) is 12.7 Å². The number of carbonyl (C=O) groups is 1. The molecule has 2 heterocycles. The molecule has 0 radical (unpaired) electrons. The van der Waals surface area contributed by atoms with Crippen LogP contribution in [0.4, 0.5) is 0 Å². The van der Waals surface area contributed by atoms with Crippen LogP contribution in [-0.2, 0) is 4.79 Å². The first-order chi connectivity index (χ1) is 10.7. The van der Waals surface area contributed by atoms with Crippen LogP contribution in [0.25, 0.3) is 0 Å². The zero-order chi connectivity index (χ0) is 15.4. The molecule has 1 aromatic rings. The molecule has 0 aromatic carbocycles. The number of rotatable bonds is 4. The van der Waals surface area contributed by atoms with E-state index in [1.807, 2.05) is 9.58 Å². The van der Waals surface area contributed by atoms with E-state index in [2.05, 4.69) is 10.1 Å². The fraction of sp³-hybridized carbons (Fsp3) is 0.812. The Bertz CT molecular complexity index is 481. The van der Waals surface area contributed by atoms with Gasteiger partial charge in [0.15, 0.2) is 0 Å². The van der Waals surface area contributed by atoms with Crippen LogP contribution in [0.2, 0.25) is 0 Å². The van der Waals surface area contributed by atoms with E-state index in [1.54, 1.807) is 12.7 Å². The highest BCUT2D eigenvalue weighted by Crippen LogP contribution is 2.39. The summed E-state index contributed by atoms with van der Waals surface area (Å²) in [4.78, 5) is 18.8. The van der Waals surface area contributed by atoms with E-state index in [4.69, 9.17) is 5.73 Å². The summed E-state index contributed by atoms with van der Waals surface area (Å²) in [5, 5.41) is 4.23. The Kier molecular flexibility index (Phi) is 4.76. The van der Waals surface area contributed by atoms with Crippen molar-refractivity contribution in [2.45, 2.75) is 57.4 Å². The molecule has 2 fully saturated rings. The molecule has 6 nitrogen and oxygen atoms in total. The Hall–Kier alpha value is -1.43. The van der Waals surface area contributed by atoms with Gasteiger partial charge in [0.05, 0.1) is 6.04 Å². The van der Waals surface area contributed by atoms with Crippen LogP contribution in [0.1, 0.15) is 57.4 Å². The van der Waals surface area contributed by atoms with Crippen LogP contribution in [-0.4, -0.2) is 45.2 Å². The normalized spacial score (nSPS) is 25.1. The number of aromatic nitrogens is 3. The molecule has 1 aliphatic carbocycles. The molecule has 1 aromatic heterocycles. The summed E-state index contributed by atoms with van der Waals surface area (Å²) in [6.45, 7) is 2.26. The number of amides is 1. The van der Waals surface area contributed by atoms with E-state index < -0.39 is 0 Å². The summed E-state index contributed by atoms with van der Waals surface area (Å²) < 4.78 is 1.89. The number of carbonyl (C=O) groups excluding carboxylic acids is 1. The van der Waals surface area contributed by atoms with E-state index in [0.717, 1.165) is 38.8 Å². The Morgan fingerprint density at radius 3 is 2.77 bits per heavy atom. The predicted molar refractivity (Wildman–Crippen MR) is 84.1 cm³/mol. The monoisotopic (exact) mass is 305 g/mol. The molecule has 0 spiro atoms. The minimum Gasteiger partial charge on any atom is -0.341 e. The molecule has 1 amide bonds. The van der Waals surface area contributed by atoms with Gasteiger partial charge in [0.2, 0.25) is 5.91 Å². The van der Waals surface area contributed by atoms with Crippen molar-refractivity contribution < 1.29 is 4.79 Å². The van der Waals surface area contributed by atoms with Crippen molar-refractivity contribution in [1.82, 2.24) is 19.7 Å². The Labute approximate surface area is 132 Å². The van der Waals surface area contributed by atoms with Crippen molar-refractivity contribution in [3.8, 4) is 0 Å². The predicted octanol–water partition coefficient (Wildman–Crippen LogP) is 1.74. The molecule has 1 saturated heterocycles. The minimum atomic E-state index is 0.0511. The largest absolute Gasteiger partial charge is 0.341 e. The lowest BCUT2D eigenvalue weighted by Crippen LogP contribution is -2.44. The van der Waals surface area contributed by atoms with Crippen molar-refractivity contribution in [3.63, 3.8) is 0 Å². The van der Waals surface area contributed by atoms with Crippen molar-refractivity contribution in [2.75, 3.05) is 19.6 Å². The second kappa shape index (κ2) is 6.77. The van der Waals surface area contributed by atoms with Crippen LogP contribution >= 0.6 is 0 Å². The molecule has 6 heteroatoms. The van der Waals surface area contributed by atoms with Crippen molar-refractivity contribution in [1.29, 1.82) is 0 Å². The van der Waals surface area contributed by atoms with Crippen molar-refractivity contribution in [2.24, 2.45) is 11.1 Å². The van der Waals surface area contributed by atoms with Crippen molar-refractivity contribution in [3.05, 3.63) is 12.7 Å². The SMILES string of the molecule is NCC1(CC(=O)N2CCCC(n3cncn3)C2)CCCCC1. The van der Waals surface area contributed by atoms with Gasteiger partial charge in [-0.25, -0.2) is 9.67 Å². The van der Waals surface area contributed by atoms with Gasteiger partial charge in [-0.1, -0.05) is 19.3 Å². The number of likely N-dealkylation sites (tertiary alicyclic amines) is 1. The molecule has 122 valence electrons. The highest BCUT2D eigenvalue weighted by atomic mass is 16.2. The number of nitrogens with two attached hydrogens (primary N) is 1. The summed E-state index contributed by atoms with van der Waals surface area (Å²) in [7, 11) is 0. The van der Waals surface area contributed by atoms with Gasteiger partial charge >= 0.3 is 0 Å². The van der Waals surface area contributed by atoms with Crippen LogP contribution in [0.3, 0.4) is 0 Å².